The summed E-state index contributed by atoms with van der Waals surface area (Å²) in [6.45, 7) is 4.65. The molecular formula is C31H37FN2O7S. The first kappa shape index (κ1) is 32.6. The van der Waals surface area contributed by atoms with Crippen LogP contribution in [-0.2, 0) is 21.2 Å². The van der Waals surface area contributed by atoms with Crippen LogP contribution in [0.15, 0.2) is 72.8 Å². The van der Waals surface area contributed by atoms with Gasteiger partial charge in [-0.25, -0.2) is 22.3 Å². The van der Waals surface area contributed by atoms with Gasteiger partial charge in [-0.15, -0.1) is 0 Å². The molecule has 2 amide bonds. The average molecular weight is 601 g/mol. The van der Waals surface area contributed by atoms with Crippen molar-refractivity contribution in [3.05, 3.63) is 89.5 Å². The lowest BCUT2D eigenvalue weighted by Crippen LogP contribution is -2.40. The first-order valence-corrected chi connectivity index (χ1v) is 15.3. The molecule has 3 aromatic rings. The fourth-order valence-corrected chi connectivity index (χ4v) is 4.53. The van der Waals surface area contributed by atoms with Gasteiger partial charge in [0.15, 0.2) is 0 Å². The lowest BCUT2D eigenvalue weighted by molar-refractivity contribution is 0.0147. The summed E-state index contributed by atoms with van der Waals surface area (Å²) in [5, 5.41) is 10.7. The SMILES string of the molecule is CC(C)(C)OC(=O)N(CCc1ccc(-c2ccc(C(=O)NS(C)(=O)=O)c(OCCF)c2)cc1)C[C@H](O)c1ccccc1. The Morgan fingerprint density at radius 2 is 1.64 bits per heavy atom. The number of nitrogens with zero attached hydrogens (tertiary/aromatic N) is 1. The minimum atomic E-state index is -3.80. The number of aliphatic hydroxyl groups excluding tert-OH is 1. The van der Waals surface area contributed by atoms with Gasteiger partial charge in [0.1, 0.15) is 24.6 Å². The molecule has 0 fully saturated rings. The molecule has 0 heterocycles. The van der Waals surface area contributed by atoms with Crippen LogP contribution in [-0.4, -0.2) is 68.7 Å². The van der Waals surface area contributed by atoms with Crippen molar-refractivity contribution in [3.63, 3.8) is 0 Å². The first-order valence-electron chi connectivity index (χ1n) is 13.4. The Hall–Kier alpha value is -3.96. The van der Waals surface area contributed by atoms with Crippen molar-refractivity contribution in [3.8, 4) is 16.9 Å². The lowest BCUT2D eigenvalue weighted by atomic mass is 10.0. The smallest absolute Gasteiger partial charge is 0.410 e. The molecule has 0 saturated carbocycles. The fourth-order valence-electron chi connectivity index (χ4n) is 4.08. The molecule has 0 radical (unpaired) electrons. The molecule has 0 unspecified atom stereocenters. The summed E-state index contributed by atoms with van der Waals surface area (Å²) in [6.07, 6.45) is -0.0373. The summed E-state index contributed by atoms with van der Waals surface area (Å²) in [4.78, 5) is 26.9. The molecule has 11 heteroatoms. The molecule has 3 aromatic carbocycles. The number of hydrogen-bond acceptors (Lipinski definition) is 7. The summed E-state index contributed by atoms with van der Waals surface area (Å²) in [6, 6.07) is 21.2. The second-order valence-electron chi connectivity index (χ2n) is 10.8. The van der Waals surface area contributed by atoms with E-state index in [1.165, 1.54) is 11.0 Å². The van der Waals surface area contributed by atoms with Gasteiger partial charge in [-0.1, -0.05) is 60.7 Å². The average Bonchev–Trinajstić information content (AvgIpc) is 2.92. The predicted octanol–water partition coefficient (Wildman–Crippen LogP) is 4.90. The van der Waals surface area contributed by atoms with E-state index in [-0.39, 0.29) is 24.5 Å². The molecule has 0 aromatic heterocycles. The van der Waals surface area contributed by atoms with Crippen LogP contribution in [0.2, 0.25) is 0 Å². The molecule has 0 bridgehead atoms. The van der Waals surface area contributed by atoms with E-state index in [9.17, 15) is 27.5 Å². The van der Waals surface area contributed by atoms with E-state index in [0.717, 1.165) is 17.4 Å². The van der Waals surface area contributed by atoms with E-state index in [4.69, 9.17) is 9.47 Å². The molecule has 0 aliphatic heterocycles. The van der Waals surface area contributed by atoms with Gasteiger partial charge < -0.3 is 19.5 Å². The minimum absolute atomic E-state index is 0.0332. The third kappa shape index (κ3) is 10.1. The molecular weight excluding hydrogens is 563 g/mol. The zero-order valence-corrected chi connectivity index (χ0v) is 25.0. The highest BCUT2D eigenvalue weighted by atomic mass is 32.2. The predicted molar refractivity (Wildman–Crippen MR) is 159 cm³/mol. The Bertz CT molecular complexity index is 1460. The van der Waals surface area contributed by atoms with Crippen molar-refractivity contribution >= 4 is 22.0 Å². The van der Waals surface area contributed by atoms with E-state index in [1.54, 1.807) is 45.0 Å². The number of rotatable bonds is 12. The molecule has 226 valence electrons. The number of nitrogens with one attached hydrogen (secondary N) is 1. The second-order valence-corrected chi connectivity index (χ2v) is 12.5. The van der Waals surface area contributed by atoms with Crippen molar-refractivity contribution in [2.24, 2.45) is 0 Å². The Morgan fingerprint density at radius 1 is 1.00 bits per heavy atom. The number of benzene rings is 3. The molecule has 3 rings (SSSR count). The first-order chi connectivity index (χ1) is 19.8. The summed E-state index contributed by atoms with van der Waals surface area (Å²) >= 11 is 0. The number of carbonyl (C=O) groups excluding carboxylic acids is 2. The van der Waals surface area contributed by atoms with E-state index in [1.807, 2.05) is 47.2 Å². The van der Waals surface area contributed by atoms with E-state index in [0.29, 0.717) is 24.1 Å². The number of carbonyl (C=O) groups is 2. The minimum Gasteiger partial charge on any atom is -0.490 e. The van der Waals surface area contributed by atoms with Gasteiger partial charge in [0.2, 0.25) is 10.0 Å². The van der Waals surface area contributed by atoms with Gasteiger partial charge in [-0.3, -0.25) is 4.79 Å². The molecule has 0 saturated heterocycles. The largest absolute Gasteiger partial charge is 0.490 e. The van der Waals surface area contributed by atoms with E-state index < -0.39 is 40.4 Å². The number of alkyl halides is 1. The third-order valence-corrected chi connectivity index (χ3v) is 6.58. The third-order valence-electron chi connectivity index (χ3n) is 6.03. The maximum atomic E-state index is 12.9. The van der Waals surface area contributed by atoms with Gasteiger partial charge in [0.25, 0.3) is 5.91 Å². The summed E-state index contributed by atoms with van der Waals surface area (Å²) in [5.74, 6) is -0.819. The summed E-state index contributed by atoms with van der Waals surface area (Å²) in [5.41, 5.74) is 2.36. The van der Waals surface area contributed by atoms with E-state index >= 15 is 0 Å². The van der Waals surface area contributed by atoms with Gasteiger partial charge >= 0.3 is 6.09 Å². The molecule has 1 atom stereocenters. The molecule has 0 spiro atoms. The van der Waals surface area contributed by atoms with Gasteiger partial charge in [-0.05, 0) is 61.6 Å². The highest BCUT2D eigenvalue weighted by molar-refractivity contribution is 7.89. The Balaban J connectivity index is 1.76. The van der Waals surface area contributed by atoms with Crippen LogP contribution in [0.1, 0.15) is 48.4 Å². The topological polar surface area (TPSA) is 122 Å². The van der Waals surface area contributed by atoms with Crippen molar-refractivity contribution in [1.29, 1.82) is 0 Å². The molecule has 0 aliphatic rings. The lowest BCUT2D eigenvalue weighted by Gasteiger charge is -2.29. The number of amides is 2. The molecule has 9 nitrogen and oxygen atoms in total. The van der Waals surface area contributed by atoms with E-state index in [2.05, 4.69) is 0 Å². The monoisotopic (exact) mass is 600 g/mol. The maximum absolute atomic E-state index is 12.9. The van der Waals surface area contributed by atoms with Crippen LogP contribution in [0.3, 0.4) is 0 Å². The normalized spacial score (nSPS) is 12.3. The number of aliphatic hydroxyl groups is 1. The molecule has 0 aliphatic carbocycles. The van der Waals surface area contributed by atoms with Gasteiger partial charge in [0.05, 0.1) is 24.5 Å². The number of hydrogen-bond donors (Lipinski definition) is 2. The molecule has 2 N–H and O–H groups in total. The summed E-state index contributed by atoms with van der Waals surface area (Å²) in [7, 11) is -3.80. The van der Waals surface area contributed by atoms with Crippen LogP contribution >= 0.6 is 0 Å². The second kappa shape index (κ2) is 14.3. The molecule has 42 heavy (non-hydrogen) atoms. The zero-order valence-electron chi connectivity index (χ0n) is 24.2. The Labute approximate surface area is 246 Å². The number of sulfonamides is 1. The fraction of sp³-hybridized carbons (Fsp3) is 0.355. The van der Waals surface area contributed by atoms with Crippen molar-refractivity contribution < 1.29 is 37.0 Å². The number of ether oxygens (including phenoxy) is 2. The standard InChI is InChI=1S/C31H37FN2O7S/c1-31(2,3)41-30(37)34(21-27(35)24-8-6-5-7-9-24)18-16-22-10-12-23(13-11-22)25-14-15-26(28(20-25)40-19-17-32)29(36)33-42(4,38)39/h5-15,20,27,35H,16-19,21H2,1-4H3,(H,33,36)/t27-/m0/s1. The Kier molecular flexibility index (Phi) is 11.1. The van der Waals surface area contributed by atoms with Crippen LogP contribution < -0.4 is 9.46 Å². The summed E-state index contributed by atoms with van der Waals surface area (Å²) < 4.78 is 48.7. The van der Waals surface area contributed by atoms with Gasteiger partial charge in [-0.2, -0.15) is 0 Å². The van der Waals surface area contributed by atoms with Crippen molar-refractivity contribution in [1.82, 2.24) is 9.62 Å². The maximum Gasteiger partial charge on any atom is 0.410 e. The van der Waals surface area contributed by atoms with Crippen LogP contribution in [0.25, 0.3) is 11.1 Å². The quantitative estimate of drug-likeness (QED) is 0.303. The highest BCUT2D eigenvalue weighted by Gasteiger charge is 2.24. The number of halogens is 1. The highest BCUT2D eigenvalue weighted by Crippen LogP contribution is 2.28. The van der Waals surface area contributed by atoms with Crippen molar-refractivity contribution in [2.75, 3.05) is 32.6 Å². The zero-order chi connectivity index (χ0) is 30.9. The van der Waals surface area contributed by atoms with Crippen LogP contribution in [0.4, 0.5) is 9.18 Å². The Morgan fingerprint density at radius 3 is 2.24 bits per heavy atom. The van der Waals surface area contributed by atoms with Crippen molar-refractivity contribution in [2.45, 2.75) is 38.9 Å². The van der Waals surface area contributed by atoms with Gasteiger partial charge in [0, 0.05) is 6.54 Å². The van der Waals surface area contributed by atoms with Crippen LogP contribution in [0, 0.1) is 0 Å². The van der Waals surface area contributed by atoms with Crippen LogP contribution in [0.5, 0.6) is 5.75 Å².